The normalized spacial score (nSPS) is 32.6. The second-order valence-corrected chi connectivity index (χ2v) is 6.02. The summed E-state index contributed by atoms with van der Waals surface area (Å²) < 4.78 is 0. The molecule has 2 rings (SSSR count). The molecule has 0 aromatic heterocycles. The molecule has 3 unspecified atom stereocenters. The molecule has 2 aliphatic rings. The van der Waals surface area contributed by atoms with Crippen molar-refractivity contribution in [1.82, 2.24) is 5.32 Å². The van der Waals surface area contributed by atoms with Crippen LogP contribution in [-0.2, 0) is 0 Å². The lowest BCUT2D eigenvalue weighted by Gasteiger charge is -2.32. The van der Waals surface area contributed by atoms with E-state index in [1.807, 2.05) is 0 Å². The number of hydrogen-bond donors (Lipinski definition) is 1. The molecule has 16 heavy (non-hydrogen) atoms. The SMILES string of the molecule is CCCC(CC)NC1CCCC(C2CC2)C1. The average Bonchev–Trinajstić information content (AvgIpc) is 3.13. The van der Waals surface area contributed by atoms with Crippen molar-refractivity contribution in [1.29, 1.82) is 0 Å². The second-order valence-electron chi connectivity index (χ2n) is 6.02. The Morgan fingerprint density at radius 1 is 1.06 bits per heavy atom. The minimum atomic E-state index is 0.785. The van der Waals surface area contributed by atoms with Crippen LogP contribution in [0.2, 0.25) is 0 Å². The van der Waals surface area contributed by atoms with E-state index in [-0.39, 0.29) is 0 Å². The van der Waals surface area contributed by atoms with Crippen LogP contribution < -0.4 is 5.32 Å². The summed E-state index contributed by atoms with van der Waals surface area (Å²) in [6, 6.07) is 1.63. The summed E-state index contributed by atoms with van der Waals surface area (Å²) in [5.41, 5.74) is 0. The van der Waals surface area contributed by atoms with Crippen LogP contribution in [0.5, 0.6) is 0 Å². The fourth-order valence-electron chi connectivity index (χ4n) is 3.46. The molecule has 0 amide bonds. The summed E-state index contributed by atoms with van der Waals surface area (Å²) in [5, 5.41) is 3.92. The topological polar surface area (TPSA) is 12.0 Å². The second kappa shape index (κ2) is 6.05. The summed E-state index contributed by atoms with van der Waals surface area (Å²) in [5.74, 6) is 2.20. The first-order chi connectivity index (χ1) is 7.83. The lowest BCUT2D eigenvalue weighted by atomic mass is 9.82. The zero-order valence-electron chi connectivity index (χ0n) is 11.2. The smallest absolute Gasteiger partial charge is 0.00723 e. The van der Waals surface area contributed by atoms with E-state index >= 15 is 0 Å². The molecule has 0 spiro atoms. The monoisotopic (exact) mass is 223 g/mol. The van der Waals surface area contributed by atoms with Gasteiger partial charge in [-0.15, -0.1) is 0 Å². The van der Waals surface area contributed by atoms with Crippen molar-refractivity contribution in [3.05, 3.63) is 0 Å². The quantitative estimate of drug-likeness (QED) is 0.714. The van der Waals surface area contributed by atoms with Gasteiger partial charge in [0.25, 0.3) is 0 Å². The van der Waals surface area contributed by atoms with Gasteiger partial charge >= 0.3 is 0 Å². The van der Waals surface area contributed by atoms with Crippen LogP contribution in [0, 0.1) is 11.8 Å². The molecule has 2 fully saturated rings. The van der Waals surface area contributed by atoms with Gasteiger partial charge in [-0.2, -0.15) is 0 Å². The molecule has 1 N–H and O–H groups in total. The van der Waals surface area contributed by atoms with Gasteiger partial charge in [0, 0.05) is 12.1 Å². The van der Waals surface area contributed by atoms with Gasteiger partial charge < -0.3 is 5.32 Å². The highest BCUT2D eigenvalue weighted by Crippen LogP contribution is 2.43. The molecule has 2 saturated carbocycles. The van der Waals surface area contributed by atoms with Crippen LogP contribution in [-0.4, -0.2) is 12.1 Å². The maximum absolute atomic E-state index is 3.92. The summed E-state index contributed by atoms with van der Waals surface area (Å²) in [4.78, 5) is 0. The number of hydrogen-bond acceptors (Lipinski definition) is 1. The molecule has 0 heterocycles. The van der Waals surface area contributed by atoms with Crippen molar-refractivity contribution >= 4 is 0 Å². The molecule has 1 heteroatoms. The molecule has 0 aromatic rings. The molecule has 0 saturated heterocycles. The predicted octanol–water partition coefficient (Wildman–Crippen LogP) is 4.12. The third kappa shape index (κ3) is 3.48. The average molecular weight is 223 g/mol. The Kier molecular flexibility index (Phi) is 4.69. The van der Waals surface area contributed by atoms with E-state index in [1.165, 1.54) is 57.8 Å². The van der Waals surface area contributed by atoms with E-state index in [0.717, 1.165) is 23.9 Å². The Labute approximate surface area is 101 Å². The van der Waals surface area contributed by atoms with Crippen molar-refractivity contribution < 1.29 is 0 Å². The minimum Gasteiger partial charge on any atom is -0.311 e. The first kappa shape index (κ1) is 12.4. The summed E-state index contributed by atoms with van der Waals surface area (Å²) in [6.45, 7) is 4.63. The highest BCUT2D eigenvalue weighted by Gasteiger charge is 2.34. The van der Waals surface area contributed by atoms with Crippen molar-refractivity contribution in [2.24, 2.45) is 11.8 Å². The van der Waals surface area contributed by atoms with Crippen LogP contribution in [0.25, 0.3) is 0 Å². The van der Waals surface area contributed by atoms with Gasteiger partial charge in [0.2, 0.25) is 0 Å². The molecule has 2 aliphatic carbocycles. The number of nitrogens with one attached hydrogen (secondary N) is 1. The summed E-state index contributed by atoms with van der Waals surface area (Å²) >= 11 is 0. The molecule has 0 aliphatic heterocycles. The number of rotatable bonds is 6. The Morgan fingerprint density at radius 2 is 1.88 bits per heavy atom. The maximum Gasteiger partial charge on any atom is 0.00723 e. The van der Waals surface area contributed by atoms with Gasteiger partial charge in [-0.1, -0.05) is 33.1 Å². The van der Waals surface area contributed by atoms with Crippen LogP contribution in [0.4, 0.5) is 0 Å². The van der Waals surface area contributed by atoms with E-state index in [4.69, 9.17) is 0 Å². The fraction of sp³-hybridized carbons (Fsp3) is 1.00. The first-order valence-corrected chi connectivity index (χ1v) is 7.59. The Hall–Kier alpha value is -0.0400. The van der Waals surface area contributed by atoms with Gasteiger partial charge in [-0.3, -0.25) is 0 Å². The largest absolute Gasteiger partial charge is 0.311 e. The lowest BCUT2D eigenvalue weighted by molar-refractivity contribution is 0.240. The lowest BCUT2D eigenvalue weighted by Crippen LogP contribution is -2.41. The zero-order chi connectivity index (χ0) is 11.4. The third-order valence-corrected chi connectivity index (χ3v) is 4.60. The molecule has 0 bridgehead atoms. The highest BCUT2D eigenvalue weighted by atomic mass is 14.9. The molecular formula is C15H29N. The zero-order valence-corrected chi connectivity index (χ0v) is 11.2. The van der Waals surface area contributed by atoms with E-state index in [9.17, 15) is 0 Å². The van der Waals surface area contributed by atoms with Crippen LogP contribution in [0.1, 0.15) is 71.6 Å². The van der Waals surface area contributed by atoms with Crippen molar-refractivity contribution in [2.75, 3.05) is 0 Å². The van der Waals surface area contributed by atoms with E-state index < -0.39 is 0 Å². The first-order valence-electron chi connectivity index (χ1n) is 7.59. The fourth-order valence-corrected chi connectivity index (χ4v) is 3.46. The van der Waals surface area contributed by atoms with Gasteiger partial charge in [0.05, 0.1) is 0 Å². The molecule has 0 aromatic carbocycles. The summed E-state index contributed by atoms with van der Waals surface area (Å²) in [7, 11) is 0. The molecule has 3 atom stereocenters. The van der Waals surface area contributed by atoms with Crippen LogP contribution in [0.15, 0.2) is 0 Å². The van der Waals surface area contributed by atoms with E-state index in [2.05, 4.69) is 19.2 Å². The Balaban J connectivity index is 1.74. The van der Waals surface area contributed by atoms with Crippen molar-refractivity contribution in [3.8, 4) is 0 Å². The van der Waals surface area contributed by atoms with Crippen molar-refractivity contribution in [2.45, 2.75) is 83.7 Å². The summed E-state index contributed by atoms with van der Waals surface area (Å²) in [6.07, 6.45) is 13.0. The third-order valence-electron chi connectivity index (χ3n) is 4.60. The molecule has 94 valence electrons. The van der Waals surface area contributed by atoms with Gasteiger partial charge in [-0.25, -0.2) is 0 Å². The van der Waals surface area contributed by atoms with Crippen LogP contribution >= 0.6 is 0 Å². The molecular weight excluding hydrogens is 194 g/mol. The van der Waals surface area contributed by atoms with Crippen LogP contribution in [0.3, 0.4) is 0 Å². The van der Waals surface area contributed by atoms with Gasteiger partial charge in [0.1, 0.15) is 0 Å². The Bertz CT molecular complexity index is 198. The van der Waals surface area contributed by atoms with Crippen molar-refractivity contribution in [3.63, 3.8) is 0 Å². The minimum absolute atomic E-state index is 0.785. The maximum atomic E-state index is 3.92. The Morgan fingerprint density at radius 3 is 2.50 bits per heavy atom. The van der Waals surface area contributed by atoms with Gasteiger partial charge in [-0.05, 0) is 50.4 Å². The van der Waals surface area contributed by atoms with Gasteiger partial charge in [0.15, 0.2) is 0 Å². The molecule has 1 nitrogen and oxygen atoms in total. The predicted molar refractivity (Wildman–Crippen MR) is 70.6 cm³/mol. The highest BCUT2D eigenvalue weighted by molar-refractivity contribution is 4.88. The standard InChI is InChI=1S/C15H29N/c1-3-6-14(4-2)16-15-8-5-7-13(11-15)12-9-10-12/h12-16H,3-11H2,1-2H3. The molecule has 0 radical (unpaired) electrons. The van der Waals surface area contributed by atoms with E-state index in [1.54, 1.807) is 0 Å². The van der Waals surface area contributed by atoms with E-state index in [0.29, 0.717) is 0 Å².